The fraction of sp³-hybridized carbons (Fsp3) is 0.471. The Morgan fingerprint density at radius 2 is 1.90 bits per heavy atom. The van der Waals surface area contributed by atoms with Crippen LogP contribution >= 0.6 is 11.6 Å². The number of hydrogen-bond donors (Lipinski definition) is 0. The number of nitrogens with zero attached hydrogens (tertiary/aromatic N) is 3. The van der Waals surface area contributed by atoms with Gasteiger partial charge in [0.15, 0.2) is 0 Å². The van der Waals surface area contributed by atoms with Crippen LogP contribution in [0.2, 0.25) is 0 Å². The van der Waals surface area contributed by atoms with Crippen molar-refractivity contribution in [2.45, 2.75) is 24.8 Å². The van der Waals surface area contributed by atoms with Crippen LogP contribution in [0, 0.1) is 0 Å². The van der Waals surface area contributed by atoms with E-state index in [0.29, 0.717) is 11.9 Å². The lowest BCUT2D eigenvalue weighted by Crippen LogP contribution is -2.42. The SMILES string of the molecule is CN1CCC(N(C)c2ncc(CCl)c3ccccc23)CC1. The number of benzene rings is 1. The van der Waals surface area contributed by atoms with Gasteiger partial charge in [-0.25, -0.2) is 4.98 Å². The molecule has 0 unspecified atom stereocenters. The molecular formula is C17H22ClN3. The average Bonchev–Trinajstić information content (AvgIpc) is 2.54. The highest BCUT2D eigenvalue weighted by molar-refractivity contribution is 6.18. The van der Waals surface area contributed by atoms with Crippen LogP contribution in [0.1, 0.15) is 18.4 Å². The second-order valence-corrected chi connectivity index (χ2v) is 6.20. The largest absolute Gasteiger partial charge is 0.356 e. The molecule has 2 aromatic rings. The maximum atomic E-state index is 6.04. The van der Waals surface area contributed by atoms with E-state index in [0.717, 1.165) is 24.5 Å². The monoisotopic (exact) mass is 303 g/mol. The molecule has 3 nitrogen and oxygen atoms in total. The molecule has 0 saturated carbocycles. The highest BCUT2D eigenvalue weighted by Gasteiger charge is 2.22. The Morgan fingerprint density at radius 1 is 1.24 bits per heavy atom. The Hall–Kier alpha value is -1.32. The fourth-order valence-electron chi connectivity index (χ4n) is 3.18. The van der Waals surface area contributed by atoms with Crippen LogP contribution < -0.4 is 4.90 Å². The van der Waals surface area contributed by atoms with E-state index in [1.807, 2.05) is 6.20 Å². The van der Waals surface area contributed by atoms with E-state index >= 15 is 0 Å². The predicted molar refractivity (Wildman–Crippen MR) is 90.2 cm³/mol. The molecule has 0 spiro atoms. The smallest absolute Gasteiger partial charge is 0.136 e. The van der Waals surface area contributed by atoms with Gasteiger partial charge in [-0.2, -0.15) is 0 Å². The molecule has 0 atom stereocenters. The lowest BCUT2D eigenvalue weighted by Gasteiger charge is -2.36. The molecule has 2 heterocycles. The number of rotatable bonds is 3. The van der Waals surface area contributed by atoms with Crippen LogP contribution in [0.25, 0.3) is 10.8 Å². The molecule has 1 fully saturated rings. The van der Waals surface area contributed by atoms with E-state index in [9.17, 15) is 0 Å². The first-order valence-corrected chi connectivity index (χ1v) is 8.08. The van der Waals surface area contributed by atoms with E-state index < -0.39 is 0 Å². The second kappa shape index (κ2) is 6.20. The maximum absolute atomic E-state index is 6.04. The van der Waals surface area contributed by atoms with Gasteiger partial charge in [0.05, 0.1) is 0 Å². The quantitative estimate of drug-likeness (QED) is 0.809. The topological polar surface area (TPSA) is 19.4 Å². The Morgan fingerprint density at radius 3 is 2.57 bits per heavy atom. The van der Waals surface area contributed by atoms with Gasteiger partial charge in [0.25, 0.3) is 0 Å². The molecule has 0 radical (unpaired) electrons. The minimum atomic E-state index is 0.506. The fourth-order valence-corrected chi connectivity index (χ4v) is 3.39. The Bertz CT molecular complexity index is 620. The summed E-state index contributed by atoms with van der Waals surface area (Å²) in [7, 11) is 4.37. The molecule has 4 heteroatoms. The molecule has 112 valence electrons. The number of alkyl halides is 1. The first kappa shape index (κ1) is 14.6. The van der Waals surface area contributed by atoms with Crippen molar-refractivity contribution < 1.29 is 0 Å². The van der Waals surface area contributed by atoms with Crippen molar-refractivity contribution in [2.75, 3.05) is 32.1 Å². The predicted octanol–water partition coefficient (Wildman–Crippen LogP) is 3.50. The molecule has 1 aliphatic heterocycles. The van der Waals surface area contributed by atoms with Crippen molar-refractivity contribution >= 4 is 28.2 Å². The summed E-state index contributed by atoms with van der Waals surface area (Å²) >= 11 is 6.04. The number of fused-ring (bicyclic) bond motifs is 1. The number of pyridine rings is 1. The summed E-state index contributed by atoms with van der Waals surface area (Å²) in [6.45, 7) is 2.32. The zero-order chi connectivity index (χ0) is 14.8. The van der Waals surface area contributed by atoms with Crippen LogP contribution in [0.4, 0.5) is 5.82 Å². The van der Waals surface area contributed by atoms with Gasteiger partial charge in [0.1, 0.15) is 5.82 Å². The molecule has 0 bridgehead atoms. The van der Waals surface area contributed by atoms with Crippen molar-refractivity contribution in [2.24, 2.45) is 0 Å². The van der Waals surface area contributed by atoms with E-state index in [1.165, 1.54) is 23.6 Å². The lowest BCUT2D eigenvalue weighted by atomic mass is 10.0. The van der Waals surface area contributed by atoms with Crippen LogP contribution in [-0.2, 0) is 5.88 Å². The van der Waals surface area contributed by atoms with Crippen molar-refractivity contribution in [1.29, 1.82) is 0 Å². The van der Waals surface area contributed by atoms with E-state index in [2.05, 4.69) is 48.2 Å². The number of piperidine rings is 1. The minimum absolute atomic E-state index is 0.506. The van der Waals surface area contributed by atoms with Crippen LogP contribution in [0.3, 0.4) is 0 Å². The molecular weight excluding hydrogens is 282 g/mol. The van der Waals surface area contributed by atoms with E-state index in [-0.39, 0.29) is 0 Å². The van der Waals surface area contributed by atoms with Crippen molar-refractivity contribution in [3.8, 4) is 0 Å². The molecule has 21 heavy (non-hydrogen) atoms. The van der Waals surface area contributed by atoms with E-state index in [1.54, 1.807) is 0 Å². The van der Waals surface area contributed by atoms with Crippen LogP contribution in [0.15, 0.2) is 30.5 Å². The van der Waals surface area contributed by atoms with Crippen molar-refractivity contribution in [3.05, 3.63) is 36.0 Å². The number of likely N-dealkylation sites (tertiary alicyclic amines) is 1. The summed E-state index contributed by atoms with van der Waals surface area (Å²) in [4.78, 5) is 9.45. The maximum Gasteiger partial charge on any atom is 0.136 e. The van der Waals surface area contributed by atoms with Gasteiger partial charge in [-0.15, -0.1) is 11.6 Å². The molecule has 1 aliphatic rings. The summed E-state index contributed by atoms with van der Waals surface area (Å²) in [5.41, 5.74) is 1.10. The molecule has 0 amide bonds. The summed E-state index contributed by atoms with van der Waals surface area (Å²) < 4.78 is 0. The number of hydrogen-bond acceptors (Lipinski definition) is 3. The Balaban J connectivity index is 1.96. The van der Waals surface area contributed by atoms with Crippen LogP contribution in [0.5, 0.6) is 0 Å². The third-order valence-electron chi connectivity index (χ3n) is 4.57. The Kier molecular flexibility index (Phi) is 4.32. The van der Waals surface area contributed by atoms with E-state index in [4.69, 9.17) is 16.6 Å². The van der Waals surface area contributed by atoms with Gasteiger partial charge in [-0.1, -0.05) is 24.3 Å². The molecule has 3 rings (SSSR count). The average molecular weight is 304 g/mol. The minimum Gasteiger partial charge on any atom is -0.356 e. The van der Waals surface area contributed by atoms with Gasteiger partial charge < -0.3 is 9.80 Å². The van der Waals surface area contributed by atoms with Crippen molar-refractivity contribution in [1.82, 2.24) is 9.88 Å². The van der Waals surface area contributed by atoms with Gasteiger partial charge in [-0.05, 0) is 43.9 Å². The standard InChI is InChI=1S/C17H22ClN3/c1-20-9-7-14(8-10-20)21(2)17-16-6-4-3-5-15(16)13(11-18)12-19-17/h3-6,12,14H,7-11H2,1-2H3. The highest BCUT2D eigenvalue weighted by Crippen LogP contribution is 2.30. The van der Waals surface area contributed by atoms with Gasteiger partial charge in [0.2, 0.25) is 0 Å². The summed E-state index contributed by atoms with van der Waals surface area (Å²) in [5.74, 6) is 1.58. The third-order valence-corrected chi connectivity index (χ3v) is 4.86. The zero-order valence-corrected chi connectivity index (χ0v) is 13.5. The van der Waals surface area contributed by atoms with Gasteiger partial charge in [-0.3, -0.25) is 0 Å². The normalized spacial score (nSPS) is 17.3. The summed E-state index contributed by atoms with van der Waals surface area (Å²) in [5, 5.41) is 2.43. The van der Waals surface area contributed by atoms with Crippen LogP contribution in [-0.4, -0.2) is 43.1 Å². The number of aromatic nitrogens is 1. The third kappa shape index (κ3) is 2.85. The molecule has 0 N–H and O–H groups in total. The second-order valence-electron chi connectivity index (χ2n) is 5.93. The number of anilines is 1. The van der Waals surface area contributed by atoms with Crippen molar-refractivity contribution in [3.63, 3.8) is 0 Å². The van der Waals surface area contributed by atoms with Gasteiger partial charge in [0, 0.05) is 30.6 Å². The van der Waals surface area contributed by atoms with Gasteiger partial charge >= 0.3 is 0 Å². The number of halogens is 1. The summed E-state index contributed by atoms with van der Waals surface area (Å²) in [6, 6.07) is 9.00. The zero-order valence-electron chi connectivity index (χ0n) is 12.7. The first-order valence-electron chi connectivity index (χ1n) is 7.54. The summed E-state index contributed by atoms with van der Waals surface area (Å²) in [6.07, 6.45) is 4.32. The molecule has 1 aromatic heterocycles. The molecule has 1 saturated heterocycles. The lowest BCUT2D eigenvalue weighted by molar-refractivity contribution is 0.252. The highest BCUT2D eigenvalue weighted by atomic mass is 35.5. The molecule has 0 aliphatic carbocycles. The molecule has 1 aromatic carbocycles. The Labute approximate surface area is 131 Å². The first-order chi connectivity index (χ1) is 10.2.